The standard InChI is InChI=1S/C13H23N3O/c1-10(14)13(11(2)17)16-8-5-12(9-16)15-6-3-4-7-15/h12H,3-9,14H2,1-2H3. The third-order valence-electron chi connectivity index (χ3n) is 3.84. The van der Waals surface area contributed by atoms with Gasteiger partial charge in [-0.2, -0.15) is 0 Å². The second kappa shape index (κ2) is 5.08. The zero-order valence-electron chi connectivity index (χ0n) is 10.9. The van der Waals surface area contributed by atoms with E-state index < -0.39 is 0 Å². The lowest BCUT2D eigenvalue weighted by molar-refractivity contribution is -0.115. The van der Waals surface area contributed by atoms with E-state index in [-0.39, 0.29) is 5.78 Å². The van der Waals surface area contributed by atoms with Crippen LogP contribution in [0.25, 0.3) is 0 Å². The lowest BCUT2D eigenvalue weighted by Gasteiger charge is -2.25. The van der Waals surface area contributed by atoms with Crippen LogP contribution in [0.5, 0.6) is 0 Å². The lowest BCUT2D eigenvalue weighted by Crippen LogP contribution is -2.36. The summed E-state index contributed by atoms with van der Waals surface area (Å²) in [5, 5.41) is 0. The molecule has 0 amide bonds. The van der Waals surface area contributed by atoms with Gasteiger partial charge in [0.25, 0.3) is 0 Å². The minimum absolute atomic E-state index is 0.0899. The molecule has 0 aromatic rings. The van der Waals surface area contributed by atoms with Gasteiger partial charge in [0.2, 0.25) is 0 Å². The molecular formula is C13H23N3O. The number of nitrogens with two attached hydrogens (primary N) is 1. The topological polar surface area (TPSA) is 49.6 Å². The first kappa shape index (κ1) is 12.4. The summed E-state index contributed by atoms with van der Waals surface area (Å²) < 4.78 is 0. The normalized spacial score (nSPS) is 27.4. The van der Waals surface area contributed by atoms with Crippen molar-refractivity contribution < 1.29 is 4.79 Å². The molecule has 2 fully saturated rings. The van der Waals surface area contributed by atoms with Crippen molar-refractivity contribution in [3.63, 3.8) is 0 Å². The molecule has 0 aromatic carbocycles. The van der Waals surface area contributed by atoms with Gasteiger partial charge in [0.05, 0.1) is 5.70 Å². The number of hydrogen-bond acceptors (Lipinski definition) is 4. The number of ketones is 1. The fourth-order valence-corrected chi connectivity index (χ4v) is 3.10. The Balaban J connectivity index is 2.01. The molecule has 4 heteroatoms. The van der Waals surface area contributed by atoms with E-state index in [1.165, 1.54) is 25.9 Å². The number of hydrogen-bond donors (Lipinski definition) is 1. The summed E-state index contributed by atoms with van der Waals surface area (Å²) >= 11 is 0. The molecule has 1 unspecified atom stereocenters. The minimum atomic E-state index is 0.0899. The molecule has 2 heterocycles. The van der Waals surface area contributed by atoms with E-state index in [2.05, 4.69) is 9.80 Å². The molecule has 4 nitrogen and oxygen atoms in total. The SMILES string of the molecule is CC(=O)C(=C(C)N)N1CCC(N2CCCC2)C1. The highest BCUT2D eigenvalue weighted by Gasteiger charge is 2.31. The predicted molar refractivity (Wildman–Crippen MR) is 68.4 cm³/mol. The Labute approximate surface area is 103 Å². The first-order chi connectivity index (χ1) is 8.09. The highest BCUT2D eigenvalue weighted by Crippen LogP contribution is 2.24. The zero-order valence-corrected chi connectivity index (χ0v) is 10.9. The van der Waals surface area contributed by atoms with Crippen LogP contribution >= 0.6 is 0 Å². The fourth-order valence-electron chi connectivity index (χ4n) is 3.10. The molecule has 0 spiro atoms. The van der Waals surface area contributed by atoms with Crippen LogP contribution in [-0.4, -0.2) is 47.8 Å². The third kappa shape index (κ3) is 2.63. The molecule has 2 rings (SSSR count). The highest BCUT2D eigenvalue weighted by molar-refractivity contribution is 5.93. The minimum Gasteiger partial charge on any atom is -0.400 e. The Bertz CT molecular complexity index is 328. The molecule has 0 aliphatic carbocycles. The van der Waals surface area contributed by atoms with Crippen molar-refractivity contribution >= 4 is 5.78 Å². The number of nitrogens with zero attached hydrogens (tertiary/aromatic N) is 2. The van der Waals surface area contributed by atoms with Crippen LogP contribution in [0.3, 0.4) is 0 Å². The van der Waals surface area contributed by atoms with Gasteiger partial charge in [-0.1, -0.05) is 0 Å². The summed E-state index contributed by atoms with van der Waals surface area (Å²) in [7, 11) is 0. The second-order valence-electron chi connectivity index (χ2n) is 5.22. The Hall–Kier alpha value is -1.03. The monoisotopic (exact) mass is 237 g/mol. The van der Waals surface area contributed by atoms with Gasteiger partial charge < -0.3 is 10.6 Å². The molecule has 96 valence electrons. The predicted octanol–water partition coefficient (Wildman–Crippen LogP) is 0.936. The van der Waals surface area contributed by atoms with E-state index in [9.17, 15) is 4.79 Å². The first-order valence-corrected chi connectivity index (χ1v) is 6.56. The molecule has 0 radical (unpaired) electrons. The van der Waals surface area contributed by atoms with Crippen molar-refractivity contribution in [3.8, 4) is 0 Å². The number of Topliss-reactive ketones (excluding diaryl/α,β-unsaturated/α-hetero) is 1. The summed E-state index contributed by atoms with van der Waals surface area (Å²) in [4.78, 5) is 16.3. The van der Waals surface area contributed by atoms with Crippen LogP contribution in [-0.2, 0) is 4.79 Å². The fraction of sp³-hybridized carbons (Fsp3) is 0.769. The number of carbonyl (C=O) groups is 1. The largest absolute Gasteiger partial charge is 0.400 e. The number of allylic oxidation sites excluding steroid dienone is 2. The van der Waals surface area contributed by atoms with E-state index in [1.807, 2.05) is 6.92 Å². The molecule has 2 aliphatic rings. The summed E-state index contributed by atoms with van der Waals surface area (Å²) in [5.74, 6) is 0.0899. The second-order valence-corrected chi connectivity index (χ2v) is 5.22. The average molecular weight is 237 g/mol. The van der Waals surface area contributed by atoms with Crippen molar-refractivity contribution in [2.45, 2.75) is 39.2 Å². The molecule has 2 aliphatic heterocycles. The third-order valence-corrected chi connectivity index (χ3v) is 3.84. The van der Waals surface area contributed by atoms with E-state index >= 15 is 0 Å². The van der Waals surface area contributed by atoms with Gasteiger partial charge >= 0.3 is 0 Å². The first-order valence-electron chi connectivity index (χ1n) is 6.56. The van der Waals surface area contributed by atoms with Crippen LogP contribution in [0.1, 0.15) is 33.1 Å². The van der Waals surface area contributed by atoms with Gasteiger partial charge in [0, 0.05) is 31.8 Å². The van der Waals surface area contributed by atoms with E-state index in [0.717, 1.165) is 25.2 Å². The smallest absolute Gasteiger partial charge is 0.177 e. The van der Waals surface area contributed by atoms with Crippen molar-refractivity contribution in [3.05, 3.63) is 11.4 Å². The van der Waals surface area contributed by atoms with E-state index in [0.29, 0.717) is 11.7 Å². The van der Waals surface area contributed by atoms with Crippen molar-refractivity contribution in [1.29, 1.82) is 0 Å². The van der Waals surface area contributed by atoms with Crippen molar-refractivity contribution in [2.24, 2.45) is 5.73 Å². The van der Waals surface area contributed by atoms with Crippen LogP contribution in [0, 0.1) is 0 Å². The van der Waals surface area contributed by atoms with Gasteiger partial charge in [-0.25, -0.2) is 0 Å². The Morgan fingerprint density at radius 3 is 2.35 bits per heavy atom. The lowest BCUT2D eigenvalue weighted by atomic mass is 10.2. The molecular weight excluding hydrogens is 214 g/mol. The van der Waals surface area contributed by atoms with Gasteiger partial charge in [-0.15, -0.1) is 0 Å². The maximum absolute atomic E-state index is 11.6. The summed E-state index contributed by atoms with van der Waals surface area (Å²) in [5.41, 5.74) is 7.20. The zero-order chi connectivity index (χ0) is 12.4. The van der Waals surface area contributed by atoms with Gasteiger partial charge in [0.1, 0.15) is 0 Å². The van der Waals surface area contributed by atoms with E-state index in [4.69, 9.17) is 5.73 Å². The Morgan fingerprint density at radius 2 is 1.82 bits per heavy atom. The van der Waals surface area contributed by atoms with Gasteiger partial charge in [0.15, 0.2) is 5.78 Å². The Kier molecular flexibility index (Phi) is 3.72. The maximum atomic E-state index is 11.6. The molecule has 17 heavy (non-hydrogen) atoms. The van der Waals surface area contributed by atoms with Gasteiger partial charge in [-0.3, -0.25) is 9.69 Å². The average Bonchev–Trinajstić information content (AvgIpc) is 2.83. The van der Waals surface area contributed by atoms with Crippen molar-refractivity contribution in [1.82, 2.24) is 9.80 Å². The molecule has 0 bridgehead atoms. The number of rotatable bonds is 3. The molecule has 2 N–H and O–H groups in total. The summed E-state index contributed by atoms with van der Waals surface area (Å²) in [6, 6.07) is 0.617. The number of carbonyl (C=O) groups excluding carboxylic acids is 1. The van der Waals surface area contributed by atoms with Crippen LogP contribution in [0.4, 0.5) is 0 Å². The Morgan fingerprint density at radius 1 is 1.18 bits per heavy atom. The quantitative estimate of drug-likeness (QED) is 0.742. The molecule has 0 aromatic heterocycles. The highest BCUT2D eigenvalue weighted by atomic mass is 16.1. The molecule has 1 atom stereocenters. The molecule has 2 saturated heterocycles. The summed E-state index contributed by atoms with van der Waals surface area (Å²) in [6.07, 6.45) is 3.80. The van der Waals surface area contributed by atoms with Crippen LogP contribution in [0.2, 0.25) is 0 Å². The maximum Gasteiger partial charge on any atom is 0.177 e. The van der Waals surface area contributed by atoms with Gasteiger partial charge in [-0.05, 0) is 39.3 Å². The summed E-state index contributed by atoms with van der Waals surface area (Å²) in [6.45, 7) is 7.79. The molecule has 0 saturated carbocycles. The van der Waals surface area contributed by atoms with Crippen molar-refractivity contribution in [2.75, 3.05) is 26.2 Å². The number of likely N-dealkylation sites (tertiary alicyclic amines) is 2. The van der Waals surface area contributed by atoms with Crippen LogP contribution < -0.4 is 5.73 Å². The van der Waals surface area contributed by atoms with E-state index in [1.54, 1.807) is 6.92 Å². The van der Waals surface area contributed by atoms with Crippen LogP contribution in [0.15, 0.2) is 11.4 Å².